The van der Waals surface area contributed by atoms with Crippen LogP contribution in [0.1, 0.15) is 39.0 Å². The Morgan fingerprint density at radius 1 is 1.43 bits per heavy atom. The highest BCUT2D eigenvalue weighted by Crippen LogP contribution is 2.34. The molecule has 0 saturated heterocycles. The topological polar surface area (TPSA) is 37.3 Å². The van der Waals surface area contributed by atoms with E-state index in [4.69, 9.17) is 0 Å². The molecule has 1 aliphatic carbocycles. The van der Waals surface area contributed by atoms with E-state index in [0.29, 0.717) is 6.42 Å². The molecule has 0 aliphatic heterocycles. The summed E-state index contributed by atoms with van der Waals surface area (Å²) in [5.74, 6) is -0.686. The van der Waals surface area contributed by atoms with Crippen molar-refractivity contribution in [2.24, 2.45) is 5.41 Å². The van der Waals surface area contributed by atoms with Crippen molar-refractivity contribution in [1.29, 1.82) is 0 Å². The molecule has 1 unspecified atom stereocenters. The van der Waals surface area contributed by atoms with Gasteiger partial charge in [0.05, 0.1) is 5.41 Å². The molecule has 0 radical (unpaired) electrons. The van der Waals surface area contributed by atoms with Gasteiger partial charge in [-0.3, -0.25) is 4.79 Å². The van der Waals surface area contributed by atoms with Gasteiger partial charge in [-0.15, -0.1) is 0 Å². The first-order chi connectivity index (χ1) is 6.71. The maximum Gasteiger partial charge on any atom is 0.313 e. The number of hydrogen-bond donors (Lipinski definition) is 1. The van der Waals surface area contributed by atoms with Crippen LogP contribution >= 0.6 is 0 Å². The summed E-state index contributed by atoms with van der Waals surface area (Å²) < 4.78 is 0. The van der Waals surface area contributed by atoms with Gasteiger partial charge >= 0.3 is 5.97 Å². The summed E-state index contributed by atoms with van der Waals surface area (Å²) in [6.45, 7) is 2.13. The zero-order valence-corrected chi connectivity index (χ0v) is 8.70. The van der Waals surface area contributed by atoms with E-state index in [1.54, 1.807) is 0 Å². The predicted molar refractivity (Wildman–Crippen MR) is 57.1 cm³/mol. The van der Waals surface area contributed by atoms with E-state index in [1.807, 2.05) is 24.3 Å². The number of hydrogen-bond acceptors (Lipinski definition) is 1. The van der Waals surface area contributed by atoms with Gasteiger partial charge in [0.1, 0.15) is 0 Å². The summed E-state index contributed by atoms with van der Waals surface area (Å²) in [5.41, 5.74) is -0.621. The average molecular weight is 194 g/mol. The lowest BCUT2D eigenvalue weighted by molar-refractivity contribution is -0.146. The molecule has 1 rings (SSSR count). The van der Waals surface area contributed by atoms with Crippen molar-refractivity contribution in [1.82, 2.24) is 0 Å². The molecule has 0 aromatic rings. The molecular weight excluding hydrogens is 176 g/mol. The molecule has 0 bridgehead atoms. The summed E-state index contributed by atoms with van der Waals surface area (Å²) in [6, 6.07) is 0. The van der Waals surface area contributed by atoms with Crippen LogP contribution in [0, 0.1) is 5.41 Å². The van der Waals surface area contributed by atoms with Crippen molar-refractivity contribution < 1.29 is 9.90 Å². The van der Waals surface area contributed by atoms with Gasteiger partial charge in [0.2, 0.25) is 0 Å². The zero-order chi connectivity index (χ0) is 10.4. The third-order valence-electron chi connectivity index (χ3n) is 2.80. The monoisotopic (exact) mass is 194 g/mol. The van der Waals surface area contributed by atoms with Gasteiger partial charge in [0.25, 0.3) is 0 Å². The van der Waals surface area contributed by atoms with Crippen LogP contribution in [0.3, 0.4) is 0 Å². The highest BCUT2D eigenvalue weighted by atomic mass is 16.4. The number of carboxylic acids is 1. The minimum atomic E-state index is -0.686. The Bertz CT molecular complexity index is 253. The maximum atomic E-state index is 11.2. The minimum Gasteiger partial charge on any atom is -0.481 e. The van der Waals surface area contributed by atoms with Crippen LogP contribution in [0.4, 0.5) is 0 Å². The van der Waals surface area contributed by atoms with Crippen molar-refractivity contribution in [2.75, 3.05) is 0 Å². The number of unbranched alkanes of at least 4 members (excludes halogenated alkanes) is 2. The summed E-state index contributed by atoms with van der Waals surface area (Å²) in [6.07, 6.45) is 12.2. The molecule has 2 nitrogen and oxygen atoms in total. The van der Waals surface area contributed by atoms with Gasteiger partial charge < -0.3 is 5.11 Å². The maximum absolute atomic E-state index is 11.2. The Kier molecular flexibility index (Phi) is 3.93. The van der Waals surface area contributed by atoms with Gasteiger partial charge in [-0.2, -0.15) is 0 Å². The average Bonchev–Trinajstić information content (AvgIpc) is 2.19. The van der Waals surface area contributed by atoms with Crippen LogP contribution in [0.2, 0.25) is 0 Å². The molecule has 2 heteroatoms. The van der Waals surface area contributed by atoms with E-state index < -0.39 is 11.4 Å². The van der Waals surface area contributed by atoms with Crippen LogP contribution < -0.4 is 0 Å². The first kappa shape index (κ1) is 11.0. The second kappa shape index (κ2) is 4.99. The number of carbonyl (C=O) groups is 1. The number of allylic oxidation sites excluding steroid dienone is 3. The normalized spacial score (nSPS) is 25.2. The molecule has 1 atom stereocenters. The minimum absolute atomic E-state index is 0.621. The molecule has 1 N–H and O–H groups in total. The lowest BCUT2D eigenvalue weighted by Crippen LogP contribution is -2.29. The molecule has 0 aromatic carbocycles. The third kappa shape index (κ3) is 2.47. The standard InChI is InChI=1S/C12H18O2/c1-2-3-5-8-12(11(13)14)9-6-4-7-10-12/h4,6-7,9H,2-3,5,8,10H2,1H3,(H,13,14). The highest BCUT2D eigenvalue weighted by Gasteiger charge is 2.34. The Morgan fingerprint density at radius 2 is 2.21 bits per heavy atom. The number of carboxylic acid groups (broad SMARTS) is 1. The quantitative estimate of drug-likeness (QED) is 0.682. The second-order valence-electron chi connectivity index (χ2n) is 3.91. The van der Waals surface area contributed by atoms with E-state index >= 15 is 0 Å². The first-order valence-electron chi connectivity index (χ1n) is 5.29. The van der Waals surface area contributed by atoms with E-state index in [9.17, 15) is 9.90 Å². The molecule has 0 fully saturated rings. The fraction of sp³-hybridized carbons (Fsp3) is 0.583. The van der Waals surface area contributed by atoms with Crippen LogP contribution in [-0.4, -0.2) is 11.1 Å². The molecule has 1 aliphatic rings. The molecule has 0 amide bonds. The Balaban J connectivity index is 2.59. The van der Waals surface area contributed by atoms with Crippen LogP contribution in [-0.2, 0) is 4.79 Å². The molecular formula is C12H18O2. The van der Waals surface area contributed by atoms with Gasteiger partial charge in [0.15, 0.2) is 0 Å². The Hall–Kier alpha value is -1.05. The SMILES string of the molecule is CCCCCC1(C(=O)O)C=CC=CC1. The first-order valence-corrected chi connectivity index (χ1v) is 5.29. The summed E-state index contributed by atoms with van der Waals surface area (Å²) in [4.78, 5) is 11.2. The van der Waals surface area contributed by atoms with Crippen LogP contribution in [0.15, 0.2) is 24.3 Å². The van der Waals surface area contributed by atoms with E-state index in [2.05, 4.69) is 6.92 Å². The fourth-order valence-electron chi connectivity index (χ4n) is 1.81. The molecule has 0 heterocycles. The number of aliphatic carboxylic acids is 1. The van der Waals surface area contributed by atoms with Gasteiger partial charge in [-0.25, -0.2) is 0 Å². The third-order valence-corrected chi connectivity index (χ3v) is 2.80. The largest absolute Gasteiger partial charge is 0.481 e. The van der Waals surface area contributed by atoms with Gasteiger partial charge in [0, 0.05) is 0 Å². The summed E-state index contributed by atoms with van der Waals surface area (Å²) in [5, 5.41) is 9.20. The van der Waals surface area contributed by atoms with E-state index in [1.165, 1.54) is 0 Å². The fourth-order valence-corrected chi connectivity index (χ4v) is 1.81. The molecule has 14 heavy (non-hydrogen) atoms. The van der Waals surface area contributed by atoms with Crippen molar-refractivity contribution in [3.8, 4) is 0 Å². The van der Waals surface area contributed by atoms with Crippen LogP contribution in [0.5, 0.6) is 0 Å². The lowest BCUT2D eigenvalue weighted by Gasteiger charge is -2.26. The Labute approximate surface area is 85.3 Å². The van der Waals surface area contributed by atoms with E-state index in [-0.39, 0.29) is 0 Å². The summed E-state index contributed by atoms with van der Waals surface area (Å²) in [7, 11) is 0. The predicted octanol–water partition coefficient (Wildman–Crippen LogP) is 3.15. The summed E-state index contributed by atoms with van der Waals surface area (Å²) >= 11 is 0. The smallest absolute Gasteiger partial charge is 0.313 e. The highest BCUT2D eigenvalue weighted by molar-refractivity contribution is 5.77. The number of rotatable bonds is 5. The van der Waals surface area contributed by atoms with Crippen LogP contribution in [0.25, 0.3) is 0 Å². The van der Waals surface area contributed by atoms with Crippen molar-refractivity contribution in [2.45, 2.75) is 39.0 Å². The zero-order valence-electron chi connectivity index (χ0n) is 8.70. The lowest BCUT2D eigenvalue weighted by atomic mass is 9.77. The molecule has 0 aromatic heterocycles. The molecule has 0 saturated carbocycles. The van der Waals surface area contributed by atoms with Crippen molar-refractivity contribution in [3.05, 3.63) is 24.3 Å². The Morgan fingerprint density at radius 3 is 2.71 bits per heavy atom. The molecule has 78 valence electrons. The van der Waals surface area contributed by atoms with Crippen molar-refractivity contribution in [3.63, 3.8) is 0 Å². The van der Waals surface area contributed by atoms with Gasteiger partial charge in [-0.1, -0.05) is 50.5 Å². The molecule has 0 spiro atoms. The van der Waals surface area contributed by atoms with E-state index in [0.717, 1.165) is 25.7 Å². The van der Waals surface area contributed by atoms with Gasteiger partial charge in [-0.05, 0) is 12.8 Å². The second-order valence-corrected chi connectivity index (χ2v) is 3.91. The van der Waals surface area contributed by atoms with Crippen molar-refractivity contribution >= 4 is 5.97 Å².